The van der Waals surface area contributed by atoms with E-state index >= 15 is 0 Å². The zero-order valence-electron chi connectivity index (χ0n) is 16.4. The van der Waals surface area contributed by atoms with Gasteiger partial charge in [0, 0.05) is 11.8 Å². The molecule has 3 rings (SSSR count). The second-order valence-corrected chi connectivity index (χ2v) is 7.65. The maximum absolute atomic E-state index is 13.9. The van der Waals surface area contributed by atoms with Crippen molar-refractivity contribution in [3.05, 3.63) is 71.2 Å². The summed E-state index contributed by atoms with van der Waals surface area (Å²) in [4.78, 5) is 9.10. The molecule has 146 valence electrons. The number of thioether (sulfide) groups is 1. The van der Waals surface area contributed by atoms with E-state index in [1.165, 1.54) is 17.8 Å². The van der Waals surface area contributed by atoms with Crippen molar-refractivity contribution in [2.45, 2.75) is 37.6 Å². The van der Waals surface area contributed by atoms with Gasteiger partial charge in [0.1, 0.15) is 5.82 Å². The van der Waals surface area contributed by atoms with E-state index in [1.54, 1.807) is 19.2 Å². The zero-order chi connectivity index (χ0) is 20.1. The summed E-state index contributed by atoms with van der Waals surface area (Å²) in [7, 11) is 1.61. The van der Waals surface area contributed by atoms with E-state index in [1.807, 2.05) is 37.3 Å². The molecule has 0 unspecified atom stereocenters. The Bertz CT molecular complexity index is 963. The summed E-state index contributed by atoms with van der Waals surface area (Å²) in [5.74, 6) is 2.10. The van der Waals surface area contributed by atoms with Gasteiger partial charge in [-0.1, -0.05) is 49.9 Å². The van der Waals surface area contributed by atoms with Crippen LogP contribution >= 0.6 is 11.8 Å². The first kappa shape index (κ1) is 20.1. The van der Waals surface area contributed by atoms with Gasteiger partial charge in [-0.05, 0) is 42.2 Å². The van der Waals surface area contributed by atoms with Gasteiger partial charge >= 0.3 is 0 Å². The van der Waals surface area contributed by atoms with E-state index in [4.69, 9.17) is 9.47 Å². The number of methoxy groups -OCH3 is 1. The quantitative estimate of drug-likeness (QED) is 0.353. The smallest absolute Gasteiger partial charge is 0.223 e. The summed E-state index contributed by atoms with van der Waals surface area (Å²) >= 11 is 1.38. The van der Waals surface area contributed by atoms with Crippen LogP contribution in [0.1, 0.15) is 36.6 Å². The van der Waals surface area contributed by atoms with Crippen LogP contribution in [0.15, 0.2) is 53.7 Å². The Morgan fingerprint density at radius 1 is 1.04 bits per heavy atom. The van der Waals surface area contributed by atoms with Crippen LogP contribution in [0.25, 0.3) is 0 Å². The normalized spacial score (nSPS) is 10.9. The fourth-order valence-corrected chi connectivity index (χ4v) is 3.41. The molecule has 1 aromatic heterocycles. The van der Waals surface area contributed by atoms with Crippen molar-refractivity contribution >= 4 is 11.8 Å². The Kier molecular flexibility index (Phi) is 6.52. The third kappa shape index (κ3) is 5.01. The van der Waals surface area contributed by atoms with Crippen molar-refractivity contribution in [3.63, 3.8) is 0 Å². The van der Waals surface area contributed by atoms with Crippen molar-refractivity contribution in [1.82, 2.24) is 9.97 Å². The number of halogens is 1. The molecule has 0 N–H and O–H groups in total. The molecule has 0 saturated heterocycles. The molecule has 1 heterocycles. The number of ether oxygens (including phenoxy) is 2. The summed E-state index contributed by atoms with van der Waals surface area (Å²) < 4.78 is 25.3. The first-order valence-electron chi connectivity index (χ1n) is 9.04. The van der Waals surface area contributed by atoms with Crippen molar-refractivity contribution in [2.75, 3.05) is 7.11 Å². The molecule has 0 bridgehead atoms. The third-order valence-corrected chi connectivity index (χ3v) is 5.04. The number of nitrogens with zero attached hydrogens (tertiary/aromatic N) is 2. The average molecular weight is 399 g/mol. The SMILES string of the molecule is COc1cc(C)ccc1Oc1cc(C(C)C)nc(SCc2ccccc2F)n1. The number of rotatable bonds is 7. The minimum Gasteiger partial charge on any atom is -0.493 e. The van der Waals surface area contributed by atoms with Gasteiger partial charge in [0.05, 0.1) is 12.8 Å². The van der Waals surface area contributed by atoms with E-state index in [0.717, 1.165) is 11.3 Å². The van der Waals surface area contributed by atoms with Crippen LogP contribution < -0.4 is 9.47 Å². The first-order valence-corrected chi connectivity index (χ1v) is 10.0. The molecule has 0 spiro atoms. The highest BCUT2D eigenvalue weighted by Gasteiger charge is 2.13. The average Bonchev–Trinajstić information content (AvgIpc) is 2.68. The second-order valence-electron chi connectivity index (χ2n) is 6.70. The highest BCUT2D eigenvalue weighted by Crippen LogP contribution is 2.33. The highest BCUT2D eigenvalue weighted by atomic mass is 32.2. The molecule has 2 aromatic carbocycles. The molecule has 4 nitrogen and oxygen atoms in total. The molecule has 0 saturated carbocycles. The fraction of sp³-hybridized carbons (Fsp3) is 0.273. The van der Waals surface area contributed by atoms with Crippen LogP contribution in [0, 0.1) is 12.7 Å². The summed E-state index contributed by atoms with van der Waals surface area (Å²) in [6.07, 6.45) is 0. The number of hydrogen-bond acceptors (Lipinski definition) is 5. The number of aryl methyl sites for hydroxylation is 1. The molecule has 3 aromatic rings. The minimum absolute atomic E-state index is 0.207. The maximum atomic E-state index is 13.9. The molecule has 0 fully saturated rings. The number of hydrogen-bond donors (Lipinski definition) is 0. The van der Waals surface area contributed by atoms with Gasteiger partial charge in [0.2, 0.25) is 5.88 Å². The first-order chi connectivity index (χ1) is 13.5. The minimum atomic E-state index is -0.226. The van der Waals surface area contributed by atoms with Gasteiger partial charge < -0.3 is 9.47 Å². The number of aromatic nitrogens is 2. The molecule has 0 radical (unpaired) electrons. The molecule has 28 heavy (non-hydrogen) atoms. The lowest BCUT2D eigenvalue weighted by atomic mass is 10.1. The molecular formula is C22H23FN2O2S. The van der Waals surface area contributed by atoms with E-state index < -0.39 is 0 Å². The molecule has 0 aliphatic heterocycles. The van der Waals surface area contributed by atoms with Gasteiger partial charge in [0.25, 0.3) is 0 Å². The van der Waals surface area contributed by atoms with Gasteiger partial charge in [-0.15, -0.1) is 0 Å². The van der Waals surface area contributed by atoms with Gasteiger partial charge in [-0.25, -0.2) is 9.37 Å². The van der Waals surface area contributed by atoms with Crippen LogP contribution in [-0.4, -0.2) is 17.1 Å². The summed E-state index contributed by atoms with van der Waals surface area (Å²) in [6, 6.07) is 14.3. The maximum Gasteiger partial charge on any atom is 0.223 e. The molecule has 0 amide bonds. The molecule has 0 aliphatic rings. The van der Waals surface area contributed by atoms with Crippen molar-refractivity contribution in [2.24, 2.45) is 0 Å². The lowest BCUT2D eigenvalue weighted by molar-refractivity contribution is 0.371. The van der Waals surface area contributed by atoms with Crippen molar-refractivity contribution in [3.8, 4) is 17.4 Å². The Morgan fingerprint density at radius 3 is 2.54 bits per heavy atom. The third-order valence-electron chi connectivity index (χ3n) is 4.14. The lowest BCUT2D eigenvalue weighted by Crippen LogP contribution is -2.01. The Hall–Kier alpha value is -2.60. The van der Waals surface area contributed by atoms with E-state index in [2.05, 4.69) is 23.8 Å². The standard InChI is InChI=1S/C22H23FN2O2S/c1-14(2)18-12-21(27-19-10-9-15(3)11-20(19)26-4)25-22(24-18)28-13-16-7-5-6-8-17(16)23/h5-12,14H,13H2,1-4H3. The Labute approximate surface area is 169 Å². The van der Waals surface area contributed by atoms with Crippen LogP contribution in [0.4, 0.5) is 4.39 Å². The molecule has 0 aliphatic carbocycles. The Morgan fingerprint density at radius 2 is 1.82 bits per heavy atom. The largest absolute Gasteiger partial charge is 0.493 e. The topological polar surface area (TPSA) is 44.2 Å². The van der Waals surface area contributed by atoms with E-state index in [-0.39, 0.29) is 11.7 Å². The van der Waals surface area contributed by atoms with Crippen LogP contribution in [0.5, 0.6) is 17.4 Å². The Balaban J connectivity index is 1.86. The van der Waals surface area contributed by atoms with Crippen LogP contribution in [-0.2, 0) is 5.75 Å². The van der Waals surface area contributed by atoms with Crippen LogP contribution in [0.2, 0.25) is 0 Å². The van der Waals surface area contributed by atoms with E-state index in [0.29, 0.717) is 33.9 Å². The number of benzene rings is 2. The fourth-order valence-electron chi connectivity index (χ4n) is 2.56. The predicted octanol–water partition coefficient (Wildman–Crippen LogP) is 6.14. The van der Waals surface area contributed by atoms with E-state index in [9.17, 15) is 4.39 Å². The van der Waals surface area contributed by atoms with Gasteiger partial charge in [-0.2, -0.15) is 4.98 Å². The predicted molar refractivity (Wildman–Crippen MR) is 110 cm³/mol. The molecule has 0 atom stereocenters. The van der Waals surface area contributed by atoms with Gasteiger partial charge in [-0.3, -0.25) is 0 Å². The zero-order valence-corrected chi connectivity index (χ0v) is 17.2. The second kappa shape index (κ2) is 9.06. The lowest BCUT2D eigenvalue weighted by Gasteiger charge is -2.13. The van der Waals surface area contributed by atoms with Crippen molar-refractivity contribution in [1.29, 1.82) is 0 Å². The summed E-state index contributed by atoms with van der Waals surface area (Å²) in [6.45, 7) is 6.11. The monoisotopic (exact) mass is 398 g/mol. The summed E-state index contributed by atoms with van der Waals surface area (Å²) in [5.41, 5.74) is 2.57. The highest BCUT2D eigenvalue weighted by molar-refractivity contribution is 7.98. The molecule has 6 heteroatoms. The summed E-state index contributed by atoms with van der Waals surface area (Å²) in [5, 5.41) is 0.551. The van der Waals surface area contributed by atoms with Crippen LogP contribution in [0.3, 0.4) is 0 Å². The molecular weight excluding hydrogens is 375 g/mol. The van der Waals surface area contributed by atoms with Crippen molar-refractivity contribution < 1.29 is 13.9 Å². The van der Waals surface area contributed by atoms with Gasteiger partial charge in [0.15, 0.2) is 16.7 Å².